The molecule has 0 amide bonds. The van der Waals surface area contributed by atoms with Gasteiger partial charge in [-0.1, -0.05) is 78.6 Å². The summed E-state index contributed by atoms with van der Waals surface area (Å²) in [6.07, 6.45) is 13.2. The molecule has 0 saturated heterocycles. The van der Waals surface area contributed by atoms with Crippen LogP contribution in [0.3, 0.4) is 0 Å². The first-order valence-corrected chi connectivity index (χ1v) is 7.29. The summed E-state index contributed by atoms with van der Waals surface area (Å²) in [6.45, 7) is 7.18. The second-order valence-electron chi connectivity index (χ2n) is 5.59. The van der Waals surface area contributed by atoms with Crippen molar-refractivity contribution in [3.8, 4) is 0 Å². The molecule has 0 heterocycles. The third-order valence-electron chi connectivity index (χ3n) is 4.47. The summed E-state index contributed by atoms with van der Waals surface area (Å²) in [5, 5.41) is 0. The Bertz CT molecular complexity index is 150. The lowest BCUT2D eigenvalue weighted by molar-refractivity contribution is 0.148. The van der Waals surface area contributed by atoms with Gasteiger partial charge in [-0.2, -0.15) is 0 Å². The zero-order valence-corrected chi connectivity index (χ0v) is 11.1. The van der Waals surface area contributed by atoms with Gasteiger partial charge in [0.15, 0.2) is 0 Å². The molecule has 1 saturated carbocycles. The van der Waals surface area contributed by atoms with E-state index in [1.54, 1.807) is 0 Å². The third-order valence-corrected chi connectivity index (χ3v) is 4.47. The van der Waals surface area contributed by atoms with Gasteiger partial charge in [-0.05, 0) is 17.8 Å². The van der Waals surface area contributed by atoms with Crippen LogP contribution in [0, 0.1) is 17.8 Å². The fraction of sp³-hybridized carbons (Fsp3) is 1.00. The van der Waals surface area contributed by atoms with E-state index >= 15 is 0 Å². The normalized spacial score (nSPS) is 31.8. The molecule has 1 rings (SSSR count). The Hall–Kier alpha value is 0. The maximum absolute atomic E-state index is 2.48. The molecule has 0 aliphatic heterocycles. The van der Waals surface area contributed by atoms with Crippen molar-refractivity contribution in [2.24, 2.45) is 17.8 Å². The van der Waals surface area contributed by atoms with Crippen LogP contribution in [0.1, 0.15) is 78.6 Å². The predicted octanol–water partition coefficient (Wildman–Crippen LogP) is 5.42. The molecule has 0 spiro atoms. The van der Waals surface area contributed by atoms with Crippen LogP contribution < -0.4 is 0 Å². The molecular weight excluding hydrogens is 180 g/mol. The Kier molecular flexibility index (Phi) is 6.36. The Labute approximate surface area is 96.8 Å². The molecule has 0 nitrogen and oxygen atoms in total. The van der Waals surface area contributed by atoms with Crippen LogP contribution in [-0.4, -0.2) is 0 Å². The van der Waals surface area contributed by atoms with E-state index in [4.69, 9.17) is 0 Å². The Morgan fingerprint density at radius 3 is 2.47 bits per heavy atom. The summed E-state index contributed by atoms with van der Waals surface area (Å²) in [4.78, 5) is 0. The number of hydrogen-bond donors (Lipinski definition) is 0. The lowest BCUT2D eigenvalue weighted by Gasteiger charge is -2.36. The van der Waals surface area contributed by atoms with Crippen molar-refractivity contribution in [3.05, 3.63) is 0 Å². The van der Waals surface area contributed by atoms with E-state index in [1.165, 1.54) is 57.8 Å². The lowest BCUT2D eigenvalue weighted by atomic mass is 9.70. The highest BCUT2D eigenvalue weighted by molar-refractivity contribution is 4.79. The zero-order valence-electron chi connectivity index (χ0n) is 11.1. The second-order valence-corrected chi connectivity index (χ2v) is 5.59. The van der Waals surface area contributed by atoms with Crippen LogP contribution in [0.5, 0.6) is 0 Å². The highest BCUT2D eigenvalue weighted by Gasteiger charge is 2.28. The molecule has 1 fully saturated rings. The highest BCUT2D eigenvalue weighted by Crippen LogP contribution is 2.39. The van der Waals surface area contributed by atoms with Crippen LogP contribution in [0.4, 0.5) is 0 Å². The summed E-state index contributed by atoms with van der Waals surface area (Å²) in [5.74, 6) is 3.11. The van der Waals surface area contributed by atoms with Crippen molar-refractivity contribution in [2.45, 2.75) is 78.6 Å². The smallest absolute Gasteiger partial charge is 0.0363 e. The summed E-state index contributed by atoms with van der Waals surface area (Å²) in [7, 11) is 0. The number of rotatable bonds is 6. The number of hydrogen-bond acceptors (Lipinski definition) is 0. The molecule has 0 aromatic heterocycles. The molecule has 0 radical (unpaired) electrons. The predicted molar refractivity (Wildman–Crippen MR) is 69.0 cm³/mol. The molecular formula is C15H30. The van der Waals surface area contributed by atoms with Gasteiger partial charge in [0, 0.05) is 0 Å². The van der Waals surface area contributed by atoms with Gasteiger partial charge in [-0.15, -0.1) is 0 Å². The van der Waals surface area contributed by atoms with Crippen molar-refractivity contribution < 1.29 is 0 Å². The molecule has 0 aromatic rings. The standard InChI is InChI=1S/C15H30/c1-4-6-7-8-11-14-12-9-10-13(3)15(14)5-2/h13-15H,4-12H2,1-3H3. The van der Waals surface area contributed by atoms with E-state index < -0.39 is 0 Å². The largest absolute Gasteiger partial charge is 0.0654 e. The fourth-order valence-corrected chi connectivity index (χ4v) is 3.52. The molecule has 90 valence electrons. The van der Waals surface area contributed by atoms with E-state index in [2.05, 4.69) is 20.8 Å². The quantitative estimate of drug-likeness (QED) is 0.514. The van der Waals surface area contributed by atoms with Crippen LogP contribution >= 0.6 is 0 Å². The molecule has 0 heteroatoms. The third kappa shape index (κ3) is 4.17. The minimum atomic E-state index is 1.000. The van der Waals surface area contributed by atoms with Gasteiger partial charge in [0.2, 0.25) is 0 Å². The first kappa shape index (κ1) is 13.1. The van der Waals surface area contributed by atoms with Crippen molar-refractivity contribution in [3.63, 3.8) is 0 Å². The molecule has 0 aromatic carbocycles. The van der Waals surface area contributed by atoms with Crippen LogP contribution in [-0.2, 0) is 0 Å². The molecule has 0 N–H and O–H groups in total. The monoisotopic (exact) mass is 210 g/mol. The fourth-order valence-electron chi connectivity index (χ4n) is 3.52. The minimum Gasteiger partial charge on any atom is -0.0654 e. The van der Waals surface area contributed by atoms with Gasteiger partial charge < -0.3 is 0 Å². The van der Waals surface area contributed by atoms with E-state index in [-0.39, 0.29) is 0 Å². The van der Waals surface area contributed by atoms with Gasteiger partial charge in [-0.25, -0.2) is 0 Å². The van der Waals surface area contributed by atoms with Gasteiger partial charge in [-0.3, -0.25) is 0 Å². The van der Waals surface area contributed by atoms with Crippen molar-refractivity contribution in [1.82, 2.24) is 0 Å². The van der Waals surface area contributed by atoms with E-state index in [9.17, 15) is 0 Å². The average Bonchev–Trinajstić information content (AvgIpc) is 2.24. The highest BCUT2D eigenvalue weighted by atomic mass is 14.3. The van der Waals surface area contributed by atoms with Gasteiger partial charge in [0.1, 0.15) is 0 Å². The van der Waals surface area contributed by atoms with Crippen molar-refractivity contribution >= 4 is 0 Å². The summed E-state index contributed by atoms with van der Waals surface area (Å²) in [5.41, 5.74) is 0. The Balaban J connectivity index is 2.25. The SMILES string of the molecule is CCCCCCC1CCCC(C)C1CC. The number of unbranched alkanes of at least 4 members (excludes halogenated alkanes) is 3. The van der Waals surface area contributed by atoms with Crippen molar-refractivity contribution in [2.75, 3.05) is 0 Å². The molecule has 3 atom stereocenters. The van der Waals surface area contributed by atoms with Crippen LogP contribution in [0.25, 0.3) is 0 Å². The van der Waals surface area contributed by atoms with Gasteiger partial charge >= 0.3 is 0 Å². The molecule has 3 unspecified atom stereocenters. The second kappa shape index (κ2) is 7.30. The van der Waals surface area contributed by atoms with Crippen LogP contribution in [0.15, 0.2) is 0 Å². The molecule has 1 aliphatic rings. The average molecular weight is 210 g/mol. The molecule has 0 bridgehead atoms. The minimum absolute atomic E-state index is 1.000. The first-order valence-electron chi connectivity index (χ1n) is 7.29. The molecule has 1 aliphatic carbocycles. The Morgan fingerprint density at radius 2 is 1.80 bits per heavy atom. The summed E-state index contributed by atoms with van der Waals surface area (Å²) >= 11 is 0. The summed E-state index contributed by atoms with van der Waals surface area (Å²) < 4.78 is 0. The summed E-state index contributed by atoms with van der Waals surface area (Å²) in [6, 6.07) is 0. The van der Waals surface area contributed by atoms with Gasteiger partial charge in [0.25, 0.3) is 0 Å². The Morgan fingerprint density at radius 1 is 1.00 bits per heavy atom. The maximum Gasteiger partial charge on any atom is -0.0363 e. The van der Waals surface area contributed by atoms with Crippen molar-refractivity contribution in [1.29, 1.82) is 0 Å². The maximum atomic E-state index is 2.48. The van der Waals surface area contributed by atoms with E-state index in [1.807, 2.05) is 0 Å². The lowest BCUT2D eigenvalue weighted by Crippen LogP contribution is -2.26. The van der Waals surface area contributed by atoms with Gasteiger partial charge in [0.05, 0.1) is 0 Å². The zero-order chi connectivity index (χ0) is 11.1. The van der Waals surface area contributed by atoms with Crippen LogP contribution in [0.2, 0.25) is 0 Å². The van der Waals surface area contributed by atoms with E-state index in [0.29, 0.717) is 0 Å². The molecule has 15 heavy (non-hydrogen) atoms. The van der Waals surface area contributed by atoms with E-state index in [0.717, 1.165) is 17.8 Å². The topological polar surface area (TPSA) is 0 Å². The first-order chi connectivity index (χ1) is 7.29.